The molecule has 0 radical (unpaired) electrons. The summed E-state index contributed by atoms with van der Waals surface area (Å²) in [4.78, 5) is 36.2. The summed E-state index contributed by atoms with van der Waals surface area (Å²) in [6, 6.07) is 12.9. The van der Waals surface area contributed by atoms with E-state index in [-0.39, 0.29) is 29.3 Å². The van der Waals surface area contributed by atoms with Gasteiger partial charge in [0.15, 0.2) is 17.3 Å². The van der Waals surface area contributed by atoms with Gasteiger partial charge in [0.1, 0.15) is 0 Å². The van der Waals surface area contributed by atoms with Crippen molar-refractivity contribution in [1.82, 2.24) is 0 Å². The van der Waals surface area contributed by atoms with Crippen LogP contribution < -0.4 is 4.74 Å². The maximum Gasteiger partial charge on any atom is 0.311 e. The Morgan fingerprint density at radius 1 is 0.903 bits per heavy atom. The van der Waals surface area contributed by atoms with Crippen LogP contribution in [0.1, 0.15) is 74.2 Å². The Morgan fingerprint density at radius 2 is 1.61 bits per heavy atom. The van der Waals surface area contributed by atoms with Gasteiger partial charge in [0, 0.05) is 12.0 Å². The fraction of sp³-hybridized carbons (Fsp3) is 0.400. The first-order chi connectivity index (χ1) is 14.9. The van der Waals surface area contributed by atoms with Gasteiger partial charge in [-0.3, -0.25) is 14.4 Å². The van der Waals surface area contributed by atoms with Crippen molar-refractivity contribution in [3.8, 4) is 11.5 Å². The smallest absolute Gasteiger partial charge is 0.311 e. The van der Waals surface area contributed by atoms with Crippen LogP contribution in [0.15, 0.2) is 48.5 Å². The van der Waals surface area contributed by atoms with Gasteiger partial charge in [0.2, 0.25) is 0 Å². The maximum absolute atomic E-state index is 12.6. The lowest BCUT2D eigenvalue weighted by molar-refractivity contribution is -0.143. The van der Waals surface area contributed by atoms with E-state index < -0.39 is 17.9 Å². The second-order valence-electron chi connectivity index (χ2n) is 7.60. The fourth-order valence-electron chi connectivity index (χ4n) is 3.41. The maximum atomic E-state index is 12.6. The van der Waals surface area contributed by atoms with Gasteiger partial charge >= 0.3 is 11.9 Å². The quantitative estimate of drug-likeness (QED) is 0.193. The van der Waals surface area contributed by atoms with Gasteiger partial charge in [0.05, 0.1) is 11.5 Å². The Kier molecular flexibility index (Phi) is 9.75. The fourth-order valence-corrected chi connectivity index (χ4v) is 3.41. The van der Waals surface area contributed by atoms with E-state index in [0.717, 1.165) is 25.7 Å². The Balaban J connectivity index is 1.90. The minimum absolute atomic E-state index is 0.0367. The number of hydrogen-bond donors (Lipinski definition) is 2. The summed E-state index contributed by atoms with van der Waals surface area (Å²) < 4.78 is 5.24. The molecule has 0 spiro atoms. The van der Waals surface area contributed by atoms with Crippen molar-refractivity contribution in [2.45, 2.75) is 58.3 Å². The molecule has 166 valence electrons. The highest BCUT2D eigenvalue weighted by molar-refractivity contribution is 6.11. The summed E-state index contributed by atoms with van der Waals surface area (Å²) >= 11 is 0. The van der Waals surface area contributed by atoms with Crippen molar-refractivity contribution < 1.29 is 29.3 Å². The largest absolute Gasteiger partial charge is 0.504 e. The molecule has 2 aromatic carbocycles. The summed E-state index contributed by atoms with van der Waals surface area (Å²) in [6.07, 6.45) is 5.49. The highest BCUT2D eigenvalue weighted by Crippen LogP contribution is 2.32. The summed E-state index contributed by atoms with van der Waals surface area (Å²) in [5, 5.41) is 19.8. The summed E-state index contributed by atoms with van der Waals surface area (Å²) in [5.74, 6) is -2.72. The molecular weight excluding hydrogens is 396 g/mol. The average Bonchev–Trinajstić information content (AvgIpc) is 2.77. The van der Waals surface area contributed by atoms with Crippen molar-refractivity contribution in [2.75, 3.05) is 0 Å². The van der Waals surface area contributed by atoms with Gasteiger partial charge < -0.3 is 14.9 Å². The van der Waals surface area contributed by atoms with E-state index in [2.05, 4.69) is 6.92 Å². The number of rotatable bonds is 13. The Labute approximate surface area is 182 Å². The molecule has 6 heteroatoms. The molecule has 0 heterocycles. The molecule has 0 aromatic heterocycles. The van der Waals surface area contributed by atoms with E-state index >= 15 is 0 Å². The number of carboxylic acid groups (broad SMARTS) is 1. The van der Waals surface area contributed by atoms with Crippen LogP contribution in [0, 0.1) is 5.92 Å². The second-order valence-corrected chi connectivity index (χ2v) is 7.60. The van der Waals surface area contributed by atoms with E-state index in [0.29, 0.717) is 24.8 Å². The van der Waals surface area contributed by atoms with Crippen LogP contribution in [0.3, 0.4) is 0 Å². The molecule has 2 N–H and O–H groups in total. The van der Waals surface area contributed by atoms with Gasteiger partial charge in [0.25, 0.3) is 0 Å². The summed E-state index contributed by atoms with van der Waals surface area (Å²) in [5.41, 5.74) is 0.467. The first-order valence-corrected chi connectivity index (χ1v) is 10.8. The number of para-hydroxylation sites is 1. The number of carbonyl (C=O) groups excluding carboxylic acids is 2. The molecule has 0 saturated carbocycles. The van der Waals surface area contributed by atoms with Crippen LogP contribution in [0.2, 0.25) is 0 Å². The highest BCUT2D eigenvalue weighted by atomic mass is 16.5. The topological polar surface area (TPSA) is 101 Å². The van der Waals surface area contributed by atoms with E-state index in [9.17, 15) is 24.6 Å². The number of unbranched alkanes of at least 4 members (excludes halogenated alkanes) is 3. The van der Waals surface area contributed by atoms with Gasteiger partial charge in [-0.15, -0.1) is 0 Å². The third-order valence-corrected chi connectivity index (χ3v) is 5.19. The zero-order chi connectivity index (χ0) is 22.6. The second kappa shape index (κ2) is 12.5. The molecule has 6 nitrogen and oxygen atoms in total. The zero-order valence-electron chi connectivity index (χ0n) is 17.9. The van der Waals surface area contributed by atoms with E-state index in [1.165, 1.54) is 18.2 Å². The number of carboxylic acids is 1. The molecule has 2 rings (SSSR count). The van der Waals surface area contributed by atoms with Crippen molar-refractivity contribution in [3.05, 3.63) is 59.7 Å². The number of hydrogen-bond acceptors (Lipinski definition) is 5. The van der Waals surface area contributed by atoms with Crippen molar-refractivity contribution in [1.29, 1.82) is 0 Å². The van der Waals surface area contributed by atoms with Crippen LogP contribution >= 0.6 is 0 Å². The minimum atomic E-state index is -0.838. The van der Waals surface area contributed by atoms with Crippen LogP contribution in [-0.4, -0.2) is 27.9 Å². The Morgan fingerprint density at radius 3 is 2.29 bits per heavy atom. The number of carbonyl (C=O) groups is 3. The van der Waals surface area contributed by atoms with Gasteiger partial charge in [-0.1, -0.05) is 69.0 Å². The third kappa shape index (κ3) is 7.55. The molecule has 0 fully saturated rings. The van der Waals surface area contributed by atoms with Crippen LogP contribution in [-0.2, 0) is 9.59 Å². The van der Waals surface area contributed by atoms with E-state index in [4.69, 9.17) is 4.74 Å². The number of benzene rings is 2. The highest BCUT2D eigenvalue weighted by Gasteiger charge is 2.20. The molecule has 0 aliphatic carbocycles. The van der Waals surface area contributed by atoms with Crippen molar-refractivity contribution in [2.24, 2.45) is 5.92 Å². The monoisotopic (exact) mass is 426 g/mol. The molecule has 0 aliphatic heterocycles. The van der Waals surface area contributed by atoms with Crippen molar-refractivity contribution >= 4 is 17.7 Å². The number of phenolic OH excluding ortho intramolecular Hbond substituents is 1. The number of phenols is 1. The molecule has 0 bridgehead atoms. The average molecular weight is 427 g/mol. The van der Waals surface area contributed by atoms with E-state index in [1.54, 1.807) is 30.3 Å². The number of aliphatic carboxylic acids is 1. The Bertz CT molecular complexity index is 875. The Hall–Kier alpha value is -3.15. The number of aromatic hydroxyl groups is 1. The van der Waals surface area contributed by atoms with Crippen LogP contribution in [0.4, 0.5) is 0 Å². The van der Waals surface area contributed by atoms with Gasteiger partial charge in [-0.2, -0.15) is 0 Å². The first-order valence-electron chi connectivity index (χ1n) is 10.8. The van der Waals surface area contributed by atoms with E-state index in [1.807, 2.05) is 0 Å². The molecule has 2 aromatic rings. The minimum Gasteiger partial charge on any atom is -0.504 e. The molecule has 0 aliphatic rings. The lowest BCUT2D eigenvalue weighted by atomic mass is 9.95. The molecule has 31 heavy (non-hydrogen) atoms. The molecule has 1 unspecified atom stereocenters. The molecular formula is C25H30O6. The number of ketones is 1. The standard InChI is InChI=1S/C25H30O6/c1-2-3-4-6-13-19(25(29)30)14-9-17-22(26)31-21-16-10-15-20(24(21)28)23(27)18-11-7-5-8-12-18/h5,7-8,10-12,15-16,19,28H,2-4,6,9,13-14,17H2,1H3,(H,29,30). The van der Waals surface area contributed by atoms with Gasteiger partial charge in [-0.25, -0.2) is 0 Å². The molecule has 0 amide bonds. The first kappa shape index (κ1) is 24.1. The zero-order valence-corrected chi connectivity index (χ0v) is 17.9. The lowest BCUT2D eigenvalue weighted by Crippen LogP contribution is -2.15. The third-order valence-electron chi connectivity index (χ3n) is 5.19. The van der Waals surface area contributed by atoms with Crippen LogP contribution in [0.25, 0.3) is 0 Å². The summed E-state index contributed by atoms with van der Waals surface area (Å²) in [7, 11) is 0. The molecule has 1 atom stereocenters. The number of esters is 1. The van der Waals surface area contributed by atoms with Crippen LogP contribution in [0.5, 0.6) is 11.5 Å². The predicted molar refractivity (Wildman–Crippen MR) is 117 cm³/mol. The van der Waals surface area contributed by atoms with Gasteiger partial charge in [-0.05, 0) is 31.4 Å². The predicted octanol–water partition coefficient (Wildman–Crippen LogP) is 5.37. The normalized spacial score (nSPS) is 11.6. The number of ether oxygens (including phenoxy) is 1. The summed E-state index contributed by atoms with van der Waals surface area (Å²) in [6.45, 7) is 2.10. The molecule has 0 saturated heterocycles. The lowest BCUT2D eigenvalue weighted by Gasteiger charge is -2.12. The SMILES string of the molecule is CCCCCCC(CCCC(=O)Oc1cccc(C(=O)c2ccccc2)c1O)C(=O)O. The van der Waals surface area contributed by atoms with Crippen molar-refractivity contribution in [3.63, 3.8) is 0 Å².